The molecule has 0 N–H and O–H groups in total. The number of pyridine rings is 1. The van der Waals surface area contributed by atoms with Crippen molar-refractivity contribution in [1.82, 2.24) is 4.98 Å². The summed E-state index contributed by atoms with van der Waals surface area (Å²) in [6, 6.07) is 18.1. The number of hydrogen-bond donors (Lipinski definition) is 0. The van der Waals surface area contributed by atoms with Crippen LogP contribution in [0.25, 0.3) is 10.9 Å². The van der Waals surface area contributed by atoms with Gasteiger partial charge in [0.25, 0.3) is 0 Å². The van der Waals surface area contributed by atoms with Crippen molar-refractivity contribution < 1.29 is 4.74 Å². The first-order valence-electron chi connectivity index (χ1n) is 6.33. The van der Waals surface area contributed by atoms with Gasteiger partial charge in [-0.1, -0.05) is 30.3 Å². The summed E-state index contributed by atoms with van der Waals surface area (Å²) in [6.07, 6.45) is 0. The minimum Gasteiger partial charge on any atom is -0.439 e. The average molecular weight is 249 g/mol. The van der Waals surface area contributed by atoms with Crippen LogP contribution in [0.1, 0.15) is 11.1 Å². The number of fused-ring (bicyclic) bond motifs is 1. The van der Waals surface area contributed by atoms with Gasteiger partial charge in [-0.25, -0.2) is 4.98 Å². The van der Waals surface area contributed by atoms with Gasteiger partial charge in [0.2, 0.25) is 5.88 Å². The molecular formula is C17H15NO. The van der Waals surface area contributed by atoms with Crippen molar-refractivity contribution in [3.63, 3.8) is 0 Å². The van der Waals surface area contributed by atoms with Gasteiger partial charge in [-0.15, -0.1) is 0 Å². The Morgan fingerprint density at radius 1 is 0.895 bits per heavy atom. The third kappa shape index (κ3) is 2.43. The molecule has 0 fully saturated rings. The van der Waals surface area contributed by atoms with E-state index in [1.165, 1.54) is 16.5 Å². The first kappa shape index (κ1) is 11.7. The highest BCUT2D eigenvalue weighted by Crippen LogP contribution is 2.25. The molecule has 0 amide bonds. The van der Waals surface area contributed by atoms with Crippen molar-refractivity contribution in [3.8, 4) is 11.6 Å². The second-order valence-corrected chi connectivity index (χ2v) is 4.71. The Balaban J connectivity index is 2.02. The Kier molecular flexibility index (Phi) is 2.92. The highest BCUT2D eigenvalue weighted by molar-refractivity contribution is 5.82. The molecule has 0 aliphatic heterocycles. The topological polar surface area (TPSA) is 22.1 Å². The van der Waals surface area contributed by atoms with Gasteiger partial charge in [0.05, 0.1) is 5.52 Å². The van der Waals surface area contributed by atoms with Crippen LogP contribution in [0, 0.1) is 13.8 Å². The summed E-state index contributed by atoms with van der Waals surface area (Å²) < 4.78 is 5.84. The van der Waals surface area contributed by atoms with E-state index in [2.05, 4.69) is 18.0 Å². The van der Waals surface area contributed by atoms with Gasteiger partial charge in [-0.2, -0.15) is 0 Å². The molecule has 0 aliphatic carbocycles. The fourth-order valence-corrected chi connectivity index (χ4v) is 2.17. The molecule has 0 aliphatic rings. The minimum atomic E-state index is 0.641. The Morgan fingerprint density at radius 2 is 1.74 bits per heavy atom. The number of para-hydroxylation sites is 1. The molecule has 0 saturated heterocycles. The number of nitrogens with zero attached hydrogens (tertiary/aromatic N) is 1. The van der Waals surface area contributed by atoms with Crippen molar-refractivity contribution >= 4 is 10.9 Å². The van der Waals surface area contributed by atoms with Crippen LogP contribution in [-0.4, -0.2) is 4.98 Å². The van der Waals surface area contributed by atoms with Gasteiger partial charge in [0, 0.05) is 11.5 Å². The lowest BCUT2D eigenvalue weighted by molar-refractivity contribution is 0.464. The normalized spacial score (nSPS) is 10.6. The van der Waals surface area contributed by atoms with E-state index in [-0.39, 0.29) is 0 Å². The molecule has 3 rings (SSSR count). The third-order valence-electron chi connectivity index (χ3n) is 3.11. The number of aromatic nitrogens is 1. The molecular weight excluding hydrogens is 234 g/mol. The number of rotatable bonds is 2. The largest absolute Gasteiger partial charge is 0.439 e. The molecule has 0 saturated carbocycles. The van der Waals surface area contributed by atoms with Crippen LogP contribution in [0.3, 0.4) is 0 Å². The number of benzene rings is 2. The second-order valence-electron chi connectivity index (χ2n) is 4.71. The first-order chi connectivity index (χ1) is 9.22. The zero-order valence-corrected chi connectivity index (χ0v) is 11.1. The third-order valence-corrected chi connectivity index (χ3v) is 3.11. The van der Waals surface area contributed by atoms with E-state index in [1.807, 2.05) is 55.5 Å². The van der Waals surface area contributed by atoms with Crippen LogP contribution >= 0.6 is 0 Å². The quantitative estimate of drug-likeness (QED) is 0.659. The molecule has 2 aromatic carbocycles. The lowest BCUT2D eigenvalue weighted by atomic mass is 10.1. The van der Waals surface area contributed by atoms with Crippen molar-refractivity contribution in [2.24, 2.45) is 0 Å². The van der Waals surface area contributed by atoms with Crippen LogP contribution in [0.4, 0.5) is 0 Å². The Bertz CT molecular complexity index is 734. The average Bonchev–Trinajstić information content (AvgIpc) is 2.39. The highest BCUT2D eigenvalue weighted by atomic mass is 16.5. The SMILES string of the molecule is Cc1cccc(Oc2cc(C)c3ccccc3n2)c1. The van der Waals surface area contributed by atoms with E-state index in [0.717, 1.165) is 11.3 Å². The fraction of sp³-hybridized carbons (Fsp3) is 0.118. The van der Waals surface area contributed by atoms with Crippen molar-refractivity contribution in [3.05, 3.63) is 65.7 Å². The maximum absolute atomic E-state index is 5.84. The molecule has 0 spiro atoms. The summed E-state index contributed by atoms with van der Waals surface area (Å²) in [6.45, 7) is 4.12. The molecule has 1 heterocycles. The standard InChI is InChI=1S/C17H15NO/c1-12-6-5-7-14(10-12)19-17-11-13(2)15-8-3-4-9-16(15)18-17/h3-11H,1-2H3. The molecule has 2 heteroatoms. The van der Waals surface area contributed by atoms with E-state index in [9.17, 15) is 0 Å². The van der Waals surface area contributed by atoms with Crippen LogP contribution in [0.15, 0.2) is 54.6 Å². The number of hydrogen-bond acceptors (Lipinski definition) is 2. The summed E-state index contributed by atoms with van der Waals surface area (Å²) in [7, 11) is 0. The highest BCUT2D eigenvalue weighted by Gasteiger charge is 2.04. The first-order valence-corrected chi connectivity index (χ1v) is 6.33. The maximum atomic E-state index is 5.84. The number of aryl methyl sites for hydroxylation is 2. The summed E-state index contributed by atoms with van der Waals surface area (Å²) in [4.78, 5) is 4.54. The molecule has 0 radical (unpaired) electrons. The summed E-state index contributed by atoms with van der Waals surface area (Å²) in [5, 5.41) is 1.17. The van der Waals surface area contributed by atoms with E-state index in [1.54, 1.807) is 0 Å². The Hall–Kier alpha value is -2.35. The molecule has 94 valence electrons. The van der Waals surface area contributed by atoms with Gasteiger partial charge >= 0.3 is 0 Å². The van der Waals surface area contributed by atoms with Crippen LogP contribution in [0.5, 0.6) is 11.6 Å². The molecule has 0 atom stereocenters. The monoisotopic (exact) mass is 249 g/mol. The van der Waals surface area contributed by atoms with Crippen molar-refractivity contribution in [2.75, 3.05) is 0 Å². The lowest BCUT2D eigenvalue weighted by Gasteiger charge is -2.08. The lowest BCUT2D eigenvalue weighted by Crippen LogP contribution is -1.91. The molecule has 19 heavy (non-hydrogen) atoms. The van der Waals surface area contributed by atoms with Crippen LogP contribution in [-0.2, 0) is 0 Å². The van der Waals surface area contributed by atoms with Crippen molar-refractivity contribution in [2.45, 2.75) is 13.8 Å². The Labute approximate surface area is 112 Å². The second kappa shape index (κ2) is 4.73. The van der Waals surface area contributed by atoms with Gasteiger partial charge in [0.15, 0.2) is 0 Å². The van der Waals surface area contributed by atoms with Gasteiger partial charge in [0.1, 0.15) is 5.75 Å². The molecule has 2 nitrogen and oxygen atoms in total. The van der Waals surface area contributed by atoms with Crippen LogP contribution in [0.2, 0.25) is 0 Å². The maximum Gasteiger partial charge on any atom is 0.220 e. The predicted octanol–water partition coefficient (Wildman–Crippen LogP) is 4.64. The fourth-order valence-electron chi connectivity index (χ4n) is 2.17. The van der Waals surface area contributed by atoms with E-state index in [4.69, 9.17) is 4.74 Å². The van der Waals surface area contributed by atoms with Crippen molar-refractivity contribution in [1.29, 1.82) is 0 Å². The van der Waals surface area contributed by atoms with E-state index < -0.39 is 0 Å². The zero-order chi connectivity index (χ0) is 13.2. The summed E-state index contributed by atoms with van der Waals surface area (Å²) in [5.41, 5.74) is 3.31. The molecule has 1 aromatic heterocycles. The zero-order valence-electron chi connectivity index (χ0n) is 11.1. The van der Waals surface area contributed by atoms with Gasteiger partial charge in [-0.05, 0) is 43.2 Å². The van der Waals surface area contributed by atoms with Crippen LogP contribution < -0.4 is 4.74 Å². The summed E-state index contributed by atoms with van der Waals surface area (Å²) >= 11 is 0. The molecule has 0 bridgehead atoms. The van der Waals surface area contributed by atoms with Gasteiger partial charge < -0.3 is 4.74 Å². The molecule has 0 unspecified atom stereocenters. The summed E-state index contributed by atoms with van der Waals surface area (Å²) in [5.74, 6) is 1.46. The number of ether oxygens (including phenoxy) is 1. The minimum absolute atomic E-state index is 0.641. The predicted molar refractivity (Wildman–Crippen MR) is 77.7 cm³/mol. The molecule has 3 aromatic rings. The van der Waals surface area contributed by atoms with Gasteiger partial charge in [-0.3, -0.25) is 0 Å². The van der Waals surface area contributed by atoms with E-state index >= 15 is 0 Å². The Morgan fingerprint density at radius 3 is 2.58 bits per heavy atom. The van der Waals surface area contributed by atoms with E-state index in [0.29, 0.717) is 5.88 Å². The smallest absolute Gasteiger partial charge is 0.220 e.